The monoisotopic (exact) mass is 374 g/mol. The van der Waals surface area contributed by atoms with Gasteiger partial charge >= 0.3 is 0 Å². The molecule has 0 aliphatic heterocycles. The molecule has 1 saturated carbocycles. The highest BCUT2D eigenvalue weighted by Crippen LogP contribution is 2.37. The molecular weight excluding hydrogens is 331 g/mol. The molecule has 0 saturated heterocycles. The molecule has 0 aromatic heterocycles. The van der Waals surface area contributed by atoms with E-state index in [1.807, 2.05) is 12.1 Å². The van der Waals surface area contributed by atoms with Crippen LogP contribution in [0.5, 0.6) is 0 Å². The second-order valence-electron chi connectivity index (χ2n) is 8.95. The van der Waals surface area contributed by atoms with Crippen LogP contribution < -0.4 is 0 Å². The number of unbranched alkanes of at least 4 members (excludes halogenated alkanes) is 11. The van der Waals surface area contributed by atoms with E-state index in [1.165, 1.54) is 115 Å². The van der Waals surface area contributed by atoms with E-state index < -0.39 is 0 Å². The minimum Gasteiger partial charge on any atom is -0.207 e. The number of halogens is 1. The van der Waals surface area contributed by atoms with Gasteiger partial charge in [0, 0.05) is 0 Å². The van der Waals surface area contributed by atoms with Crippen molar-refractivity contribution in [2.45, 2.75) is 122 Å². The first-order valence-electron chi connectivity index (χ1n) is 12.0. The van der Waals surface area contributed by atoms with Crippen molar-refractivity contribution in [1.82, 2.24) is 0 Å². The summed E-state index contributed by atoms with van der Waals surface area (Å²) in [7, 11) is 0. The Kier molecular flexibility index (Phi) is 11.8. The normalized spacial score (nSPS) is 20.1. The average Bonchev–Trinajstić information content (AvgIpc) is 2.70. The summed E-state index contributed by atoms with van der Waals surface area (Å²) in [4.78, 5) is 0. The van der Waals surface area contributed by atoms with Crippen LogP contribution in [0.3, 0.4) is 0 Å². The van der Waals surface area contributed by atoms with Crippen LogP contribution in [0, 0.1) is 11.7 Å². The van der Waals surface area contributed by atoms with E-state index in [-0.39, 0.29) is 5.82 Å². The highest BCUT2D eigenvalue weighted by atomic mass is 19.1. The molecule has 0 spiro atoms. The van der Waals surface area contributed by atoms with E-state index in [2.05, 4.69) is 6.92 Å². The first kappa shape index (κ1) is 22.4. The average molecular weight is 375 g/mol. The van der Waals surface area contributed by atoms with E-state index in [0.29, 0.717) is 5.92 Å². The lowest BCUT2D eigenvalue weighted by Gasteiger charge is -2.28. The predicted octanol–water partition coefficient (Wildman–Crippen LogP) is 9.19. The van der Waals surface area contributed by atoms with Crippen LogP contribution in [0.15, 0.2) is 24.3 Å². The summed E-state index contributed by atoms with van der Waals surface area (Å²) in [6, 6.07) is 7.22. The van der Waals surface area contributed by atoms with Crippen molar-refractivity contribution >= 4 is 0 Å². The highest BCUT2D eigenvalue weighted by Gasteiger charge is 2.21. The largest absolute Gasteiger partial charge is 0.207 e. The van der Waals surface area contributed by atoms with Crippen molar-refractivity contribution in [3.05, 3.63) is 35.6 Å². The molecule has 0 nitrogen and oxygen atoms in total. The molecule has 0 unspecified atom stereocenters. The molecule has 0 amide bonds. The van der Waals surface area contributed by atoms with Crippen LogP contribution in [0.1, 0.15) is 128 Å². The maximum absolute atomic E-state index is 13.1. The van der Waals surface area contributed by atoms with E-state index >= 15 is 0 Å². The van der Waals surface area contributed by atoms with Crippen LogP contribution in [0.4, 0.5) is 4.39 Å². The Bertz CT molecular complexity index is 456. The molecule has 0 radical (unpaired) electrons. The molecule has 1 aromatic carbocycles. The van der Waals surface area contributed by atoms with Crippen molar-refractivity contribution in [3.63, 3.8) is 0 Å². The molecule has 0 atom stereocenters. The van der Waals surface area contributed by atoms with Gasteiger partial charge in [-0.3, -0.25) is 0 Å². The zero-order chi connectivity index (χ0) is 19.2. The SMILES string of the molecule is CCCCCCCCCCCCCCC1CCC(c2ccc(F)cc2)CC1. The molecule has 1 aliphatic rings. The van der Waals surface area contributed by atoms with Crippen LogP contribution in [0.25, 0.3) is 0 Å². The van der Waals surface area contributed by atoms with Gasteiger partial charge < -0.3 is 0 Å². The minimum absolute atomic E-state index is 0.112. The topological polar surface area (TPSA) is 0 Å². The Balaban J connectivity index is 1.40. The van der Waals surface area contributed by atoms with Gasteiger partial charge in [-0.1, -0.05) is 103 Å². The summed E-state index contributed by atoms with van der Waals surface area (Å²) >= 11 is 0. The molecule has 0 heterocycles. The molecule has 1 heteroatoms. The zero-order valence-electron chi connectivity index (χ0n) is 17.9. The minimum atomic E-state index is -0.112. The molecule has 0 N–H and O–H groups in total. The first-order chi connectivity index (χ1) is 13.3. The van der Waals surface area contributed by atoms with E-state index in [0.717, 1.165) is 5.92 Å². The van der Waals surface area contributed by atoms with Crippen LogP contribution in [0.2, 0.25) is 0 Å². The van der Waals surface area contributed by atoms with Gasteiger partial charge in [-0.25, -0.2) is 4.39 Å². The van der Waals surface area contributed by atoms with Gasteiger partial charge in [0.15, 0.2) is 0 Å². The Morgan fingerprint density at radius 3 is 1.67 bits per heavy atom. The van der Waals surface area contributed by atoms with Crippen molar-refractivity contribution in [2.24, 2.45) is 5.92 Å². The van der Waals surface area contributed by atoms with Crippen molar-refractivity contribution < 1.29 is 4.39 Å². The molecule has 27 heavy (non-hydrogen) atoms. The summed E-state index contributed by atoms with van der Waals surface area (Å²) in [5.41, 5.74) is 1.35. The van der Waals surface area contributed by atoms with E-state index in [4.69, 9.17) is 0 Å². The Morgan fingerprint density at radius 1 is 0.667 bits per heavy atom. The Hall–Kier alpha value is -0.850. The van der Waals surface area contributed by atoms with Gasteiger partial charge in [-0.2, -0.15) is 0 Å². The lowest BCUT2D eigenvalue weighted by atomic mass is 9.77. The predicted molar refractivity (Wildman–Crippen MR) is 117 cm³/mol. The fourth-order valence-corrected chi connectivity index (χ4v) is 4.79. The number of hydrogen-bond acceptors (Lipinski definition) is 0. The Morgan fingerprint density at radius 2 is 1.15 bits per heavy atom. The molecule has 154 valence electrons. The van der Waals surface area contributed by atoms with E-state index in [9.17, 15) is 4.39 Å². The maximum atomic E-state index is 13.1. The van der Waals surface area contributed by atoms with Crippen molar-refractivity contribution in [1.29, 1.82) is 0 Å². The fourth-order valence-electron chi connectivity index (χ4n) is 4.79. The van der Waals surface area contributed by atoms with Crippen LogP contribution >= 0.6 is 0 Å². The molecule has 2 rings (SSSR count). The number of hydrogen-bond donors (Lipinski definition) is 0. The summed E-state index contributed by atoms with van der Waals surface area (Å²) in [6.07, 6.45) is 24.1. The van der Waals surface area contributed by atoms with Gasteiger partial charge in [0.05, 0.1) is 0 Å². The van der Waals surface area contributed by atoms with Crippen LogP contribution in [-0.4, -0.2) is 0 Å². The van der Waals surface area contributed by atoms with Gasteiger partial charge in [0.2, 0.25) is 0 Å². The summed E-state index contributed by atoms with van der Waals surface area (Å²) in [5, 5.41) is 0. The molecule has 1 fully saturated rings. The lowest BCUT2D eigenvalue weighted by molar-refractivity contribution is 0.301. The van der Waals surface area contributed by atoms with Gasteiger partial charge in [-0.15, -0.1) is 0 Å². The fraction of sp³-hybridized carbons (Fsp3) is 0.769. The third-order valence-electron chi connectivity index (χ3n) is 6.65. The first-order valence-corrected chi connectivity index (χ1v) is 12.0. The van der Waals surface area contributed by atoms with E-state index in [1.54, 1.807) is 12.1 Å². The molecule has 1 aromatic rings. The Labute approximate surface area is 168 Å². The standard InChI is InChI=1S/C26H43F/c1-2-3-4-5-6-7-8-9-10-11-12-13-14-23-15-17-24(18-16-23)25-19-21-26(27)22-20-25/h19-24H,2-18H2,1H3. The summed E-state index contributed by atoms with van der Waals surface area (Å²) < 4.78 is 13.1. The highest BCUT2D eigenvalue weighted by molar-refractivity contribution is 5.20. The third-order valence-corrected chi connectivity index (χ3v) is 6.65. The molecule has 1 aliphatic carbocycles. The zero-order valence-corrected chi connectivity index (χ0v) is 17.9. The van der Waals surface area contributed by atoms with Gasteiger partial charge in [0.1, 0.15) is 5.82 Å². The summed E-state index contributed by atoms with van der Waals surface area (Å²) in [5.74, 6) is 1.51. The summed E-state index contributed by atoms with van der Waals surface area (Å²) in [6.45, 7) is 2.29. The number of rotatable bonds is 14. The van der Waals surface area contributed by atoms with Gasteiger partial charge in [0.25, 0.3) is 0 Å². The van der Waals surface area contributed by atoms with Crippen LogP contribution in [-0.2, 0) is 0 Å². The quantitative estimate of drug-likeness (QED) is 0.285. The lowest BCUT2D eigenvalue weighted by Crippen LogP contribution is -2.13. The van der Waals surface area contributed by atoms with Crippen molar-refractivity contribution in [2.75, 3.05) is 0 Å². The van der Waals surface area contributed by atoms with Gasteiger partial charge in [-0.05, 0) is 55.2 Å². The molecular formula is C26H43F. The van der Waals surface area contributed by atoms with Crippen molar-refractivity contribution in [3.8, 4) is 0 Å². The third kappa shape index (κ3) is 9.77. The number of benzene rings is 1. The second kappa shape index (κ2) is 14.2. The smallest absolute Gasteiger partial charge is 0.123 e. The second-order valence-corrected chi connectivity index (χ2v) is 8.95. The molecule has 0 bridgehead atoms. The maximum Gasteiger partial charge on any atom is 0.123 e.